The van der Waals surface area contributed by atoms with E-state index in [1.54, 1.807) is 11.8 Å². The van der Waals surface area contributed by atoms with E-state index in [0.717, 1.165) is 29.8 Å². The highest BCUT2D eigenvalue weighted by Crippen LogP contribution is 2.28. The molecule has 0 aliphatic carbocycles. The molecule has 0 aliphatic rings. The molecule has 5 heteroatoms. The van der Waals surface area contributed by atoms with E-state index in [2.05, 4.69) is 21.6 Å². The van der Waals surface area contributed by atoms with Gasteiger partial charge in [-0.15, -0.1) is 22.0 Å². The van der Waals surface area contributed by atoms with Gasteiger partial charge >= 0.3 is 0 Å². The zero-order chi connectivity index (χ0) is 12.8. The summed E-state index contributed by atoms with van der Waals surface area (Å²) < 4.78 is 5.70. The smallest absolute Gasteiger partial charge is 0.248 e. The van der Waals surface area contributed by atoms with Crippen LogP contribution in [0.5, 0.6) is 0 Å². The maximum Gasteiger partial charge on any atom is 0.248 e. The molecule has 0 atom stereocenters. The van der Waals surface area contributed by atoms with E-state index >= 15 is 0 Å². The molecule has 0 fully saturated rings. The maximum absolute atomic E-state index is 5.70. The Kier molecular flexibility index (Phi) is 4.78. The van der Waals surface area contributed by atoms with Gasteiger partial charge in [-0.05, 0) is 38.4 Å². The standard InChI is InChI=1S/C13H17N3OS/c1-14-9-5-8-12-15-16-13(17-12)10-6-3-4-7-11(10)18-2/h3-4,6-7,14H,5,8-9H2,1-2H3. The number of thioether (sulfide) groups is 1. The minimum absolute atomic E-state index is 0.611. The number of nitrogens with one attached hydrogen (secondary N) is 1. The largest absolute Gasteiger partial charge is 0.421 e. The van der Waals surface area contributed by atoms with Crippen molar-refractivity contribution >= 4 is 11.8 Å². The van der Waals surface area contributed by atoms with Crippen LogP contribution in [0.3, 0.4) is 0 Å². The fourth-order valence-corrected chi connectivity index (χ4v) is 2.29. The van der Waals surface area contributed by atoms with E-state index in [0.29, 0.717) is 11.8 Å². The van der Waals surface area contributed by atoms with Crippen molar-refractivity contribution < 1.29 is 4.42 Å². The van der Waals surface area contributed by atoms with Crippen molar-refractivity contribution in [1.82, 2.24) is 15.5 Å². The third-order valence-corrected chi connectivity index (χ3v) is 3.42. The zero-order valence-corrected chi connectivity index (χ0v) is 11.5. The van der Waals surface area contributed by atoms with Gasteiger partial charge in [-0.2, -0.15) is 0 Å². The lowest BCUT2D eigenvalue weighted by Crippen LogP contribution is -2.08. The molecule has 0 saturated heterocycles. The predicted octanol–water partition coefficient (Wildman–Crippen LogP) is 2.61. The summed E-state index contributed by atoms with van der Waals surface area (Å²) in [5.74, 6) is 1.32. The first-order valence-corrected chi connectivity index (χ1v) is 7.18. The lowest BCUT2D eigenvalue weighted by Gasteiger charge is -2.01. The third-order valence-electron chi connectivity index (χ3n) is 2.62. The molecule has 2 aromatic rings. The number of aromatic nitrogens is 2. The summed E-state index contributed by atoms with van der Waals surface area (Å²) in [5, 5.41) is 11.3. The Bertz CT molecular complexity index is 498. The van der Waals surface area contributed by atoms with Crippen molar-refractivity contribution in [2.75, 3.05) is 19.8 Å². The number of benzene rings is 1. The molecule has 0 unspecified atom stereocenters. The van der Waals surface area contributed by atoms with Crippen molar-refractivity contribution in [1.29, 1.82) is 0 Å². The number of hydrogen-bond donors (Lipinski definition) is 1. The highest BCUT2D eigenvalue weighted by Gasteiger charge is 2.11. The molecule has 0 amide bonds. The van der Waals surface area contributed by atoms with Gasteiger partial charge in [-0.25, -0.2) is 0 Å². The molecule has 1 aromatic heterocycles. The van der Waals surface area contributed by atoms with Crippen LogP contribution in [0.15, 0.2) is 33.6 Å². The first-order valence-electron chi connectivity index (χ1n) is 5.95. The molecule has 0 radical (unpaired) electrons. The summed E-state index contributed by atoms with van der Waals surface area (Å²) in [6, 6.07) is 8.07. The lowest BCUT2D eigenvalue weighted by molar-refractivity contribution is 0.494. The molecule has 4 nitrogen and oxygen atoms in total. The second-order valence-corrected chi connectivity index (χ2v) is 4.76. The third kappa shape index (κ3) is 3.11. The molecule has 0 spiro atoms. The Morgan fingerprint density at radius 3 is 2.89 bits per heavy atom. The van der Waals surface area contributed by atoms with Gasteiger partial charge in [0.25, 0.3) is 0 Å². The topological polar surface area (TPSA) is 51.0 Å². The molecular formula is C13H17N3OS. The first-order chi connectivity index (χ1) is 8.85. The highest BCUT2D eigenvalue weighted by molar-refractivity contribution is 7.98. The highest BCUT2D eigenvalue weighted by atomic mass is 32.2. The monoisotopic (exact) mass is 263 g/mol. The van der Waals surface area contributed by atoms with E-state index < -0.39 is 0 Å². The number of hydrogen-bond acceptors (Lipinski definition) is 5. The van der Waals surface area contributed by atoms with E-state index in [4.69, 9.17) is 4.42 Å². The molecule has 1 aromatic carbocycles. The second kappa shape index (κ2) is 6.56. The fraction of sp³-hybridized carbons (Fsp3) is 0.385. The minimum atomic E-state index is 0.611. The van der Waals surface area contributed by atoms with Crippen LogP contribution in [-0.4, -0.2) is 30.0 Å². The summed E-state index contributed by atoms with van der Waals surface area (Å²) in [6.07, 6.45) is 3.86. The average molecular weight is 263 g/mol. The van der Waals surface area contributed by atoms with Gasteiger partial charge in [0.05, 0.1) is 5.56 Å². The molecule has 1 heterocycles. The molecule has 1 N–H and O–H groups in total. The van der Waals surface area contributed by atoms with Crippen LogP contribution >= 0.6 is 11.8 Å². The molecule has 96 valence electrons. The van der Waals surface area contributed by atoms with Gasteiger partial charge in [0.2, 0.25) is 11.8 Å². The molecule has 0 bridgehead atoms. The number of nitrogens with zero attached hydrogens (tertiary/aromatic N) is 2. The summed E-state index contributed by atoms with van der Waals surface area (Å²) in [7, 11) is 1.94. The SMILES string of the molecule is CNCCCc1nnc(-c2ccccc2SC)o1. The first kappa shape index (κ1) is 13.1. The van der Waals surface area contributed by atoms with Crippen LogP contribution < -0.4 is 5.32 Å². The Labute approximate surface area is 111 Å². The van der Waals surface area contributed by atoms with Crippen LogP contribution in [0.25, 0.3) is 11.5 Å². The summed E-state index contributed by atoms with van der Waals surface area (Å²) in [4.78, 5) is 1.16. The average Bonchev–Trinajstić information content (AvgIpc) is 2.88. The van der Waals surface area contributed by atoms with E-state index in [9.17, 15) is 0 Å². The zero-order valence-electron chi connectivity index (χ0n) is 10.6. The summed E-state index contributed by atoms with van der Waals surface area (Å²) >= 11 is 1.68. The van der Waals surface area contributed by atoms with E-state index in [-0.39, 0.29) is 0 Å². The van der Waals surface area contributed by atoms with Crippen molar-refractivity contribution in [2.24, 2.45) is 0 Å². The lowest BCUT2D eigenvalue weighted by atomic mass is 10.2. The van der Waals surface area contributed by atoms with Gasteiger partial charge in [0.1, 0.15) is 0 Å². The molecule has 0 saturated carbocycles. The van der Waals surface area contributed by atoms with E-state index in [1.807, 2.05) is 31.5 Å². The Morgan fingerprint density at radius 1 is 1.28 bits per heavy atom. The van der Waals surface area contributed by atoms with Gasteiger partial charge in [-0.1, -0.05) is 12.1 Å². The van der Waals surface area contributed by atoms with Crippen LogP contribution in [0.1, 0.15) is 12.3 Å². The second-order valence-electron chi connectivity index (χ2n) is 3.91. The number of rotatable bonds is 6. The minimum Gasteiger partial charge on any atom is -0.421 e. The van der Waals surface area contributed by atoms with Gasteiger partial charge in [0.15, 0.2) is 0 Å². The quantitative estimate of drug-likeness (QED) is 0.641. The molecule has 2 rings (SSSR count). The molecular weight excluding hydrogens is 246 g/mol. The predicted molar refractivity (Wildman–Crippen MR) is 73.8 cm³/mol. The fourth-order valence-electron chi connectivity index (χ4n) is 1.70. The Morgan fingerprint density at radius 2 is 2.11 bits per heavy atom. The molecule has 0 aliphatic heterocycles. The Balaban J connectivity index is 2.13. The van der Waals surface area contributed by atoms with Crippen LogP contribution in [0.4, 0.5) is 0 Å². The maximum atomic E-state index is 5.70. The summed E-state index contributed by atoms with van der Waals surface area (Å²) in [6.45, 7) is 0.957. The normalized spacial score (nSPS) is 10.8. The van der Waals surface area contributed by atoms with Crippen LogP contribution in [0.2, 0.25) is 0 Å². The van der Waals surface area contributed by atoms with Crippen molar-refractivity contribution in [3.8, 4) is 11.5 Å². The van der Waals surface area contributed by atoms with Crippen molar-refractivity contribution in [3.05, 3.63) is 30.2 Å². The van der Waals surface area contributed by atoms with Gasteiger partial charge < -0.3 is 9.73 Å². The Hall–Kier alpha value is -1.33. The van der Waals surface area contributed by atoms with E-state index in [1.165, 1.54) is 0 Å². The number of aryl methyl sites for hydroxylation is 1. The molecule has 18 heavy (non-hydrogen) atoms. The van der Waals surface area contributed by atoms with Gasteiger partial charge in [0, 0.05) is 11.3 Å². The van der Waals surface area contributed by atoms with Gasteiger partial charge in [-0.3, -0.25) is 0 Å². The van der Waals surface area contributed by atoms with Crippen molar-refractivity contribution in [3.63, 3.8) is 0 Å². The van der Waals surface area contributed by atoms with Crippen LogP contribution in [0, 0.1) is 0 Å². The van der Waals surface area contributed by atoms with Crippen LogP contribution in [-0.2, 0) is 6.42 Å². The summed E-state index contributed by atoms with van der Waals surface area (Å²) in [5.41, 5.74) is 1.01. The van der Waals surface area contributed by atoms with Crippen molar-refractivity contribution in [2.45, 2.75) is 17.7 Å².